The summed E-state index contributed by atoms with van der Waals surface area (Å²) < 4.78 is 3.29. The van der Waals surface area contributed by atoms with Crippen LogP contribution in [-0.2, 0) is 7.05 Å². The average molecular weight is 378 g/mol. The Morgan fingerprint density at radius 1 is 1.04 bits per heavy atom. The first-order valence-corrected chi connectivity index (χ1v) is 9.49. The van der Waals surface area contributed by atoms with E-state index in [-0.39, 0.29) is 23.3 Å². The first-order chi connectivity index (χ1) is 13.5. The maximum atomic E-state index is 12.9. The molecule has 1 unspecified atom stereocenters. The second-order valence-electron chi connectivity index (χ2n) is 6.79. The molecule has 2 N–H and O–H groups in total. The van der Waals surface area contributed by atoms with E-state index in [9.17, 15) is 9.59 Å². The summed E-state index contributed by atoms with van der Waals surface area (Å²) in [5.41, 5.74) is 2.52. The van der Waals surface area contributed by atoms with Crippen LogP contribution < -0.4 is 16.2 Å². The summed E-state index contributed by atoms with van der Waals surface area (Å²) in [5.74, 6) is 0. The third-order valence-corrected chi connectivity index (χ3v) is 4.88. The van der Waals surface area contributed by atoms with Crippen LogP contribution in [-0.4, -0.2) is 15.4 Å². The molecule has 0 spiro atoms. The summed E-state index contributed by atoms with van der Waals surface area (Å²) in [6.07, 6.45) is 1.75. The molecule has 3 rings (SSSR count). The quantitative estimate of drug-likeness (QED) is 0.677. The van der Waals surface area contributed by atoms with Crippen molar-refractivity contribution in [1.29, 1.82) is 0 Å². The molecule has 3 aromatic rings. The lowest BCUT2D eigenvalue weighted by Crippen LogP contribution is -2.34. The lowest BCUT2D eigenvalue weighted by Gasteiger charge is -2.18. The largest absolute Gasteiger partial charge is 0.331 e. The number of benzene rings is 2. The van der Waals surface area contributed by atoms with E-state index in [0.717, 1.165) is 24.1 Å². The summed E-state index contributed by atoms with van der Waals surface area (Å²) in [6.45, 7) is 3.90. The predicted molar refractivity (Wildman–Crippen MR) is 112 cm³/mol. The molecule has 0 aliphatic carbocycles. The van der Waals surface area contributed by atoms with Gasteiger partial charge < -0.3 is 10.6 Å². The van der Waals surface area contributed by atoms with Crippen LogP contribution in [0.25, 0.3) is 5.69 Å². The molecule has 0 bridgehead atoms. The van der Waals surface area contributed by atoms with Crippen molar-refractivity contribution in [3.63, 3.8) is 0 Å². The fourth-order valence-electron chi connectivity index (χ4n) is 3.32. The summed E-state index contributed by atoms with van der Waals surface area (Å²) >= 11 is 0. The van der Waals surface area contributed by atoms with Gasteiger partial charge in [-0.25, -0.2) is 9.48 Å². The normalized spacial score (nSPS) is 11.8. The topological polar surface area (TPSA) is 68.1 Å². The Hall–Kier alpha value is -3.28. The van der Waals surface area contributed by atoms with Gasteiger partial charge in [-0.3, -0.25) is 9.48 Å². The molecule has 0 radical (unpaired) electrons. The highest BCUT2D eigenvalue weighted by molar-refractivity contribution is 5.90. The number of amides is 2. The van der Waals surface area contributed by atoms with Gasteiger partial charge in [0.15, 0.2) is 0 Å². The number of nitrogens with one attached hydrogen (secondary N) is 2. The molecule has 146 valence electrons. The third kappa shape index (κ3) is 4.01. The fourth-order valence-corrected chi connectivity index (χ4v) is 3.32. The Labute approximate surface area is 164 Å². The Morgan fingerprint density at radius 3 is 2.25 bits per heavy atom. The van der Waals surface area contributed by atoms with Crippen LogP contribution in [0.3, 0.4) is 0 Å². The summed E-state index contributed by atoms with van der Waals surface area (Å²) in [6, 6.07) is 18.7. The van der Waals surface area contributed by atoms with Crippen LogP contribution in [0.15, 0.2) is 65.5 Å². The first kappa shape index (κ1) is 19.5. The van der Waals surface area contributed by atoms with Crippen molar-refractivity contribution in [2.24, 2.45) is 7.05 Å². The second-order valence-corrected chi connectivity index (χ2v) is 6.79. The van der Waals surface area contributed by atoms with Crippen molar-refractivity contribution in [3.05, 3.63) is 82.3 Å². The highest BCUT2D eigenvalue weighted by atomic mass is 16.2. The molecule has 0 fully saturated rings. The van der Waals surface area contributed by atoms with Crippen LogP contribution in [0.4, 0.5) is 10.5 Å². The number of para-hydroxylation sites is 1. The van der Waals surface area contributed by atoms with Gasteiger partial charge in [0.05, 0.1) is 17.4 Å². The van der Waals surface area contributed by atoms with Crippen molar-refractivity contribution in [3.8, 4) is 5.69 Å². The summed E-state index contributed by atoms with van der Waals surface area (Å²) in [7, 11) is 1.80. The van der Waals surface area contributed by atoms with E-state index < -0.39 is 0 Å². The van der Waals surface area contributed by atoms with Gasteiger partial charge in [0, 0.05) is 7.05 Å². The van der Waals surface area contributed by atoms with E-state index in [1.165, 1.54) is 0 Å². The molecule has 0 saturated carbocycles. The molecule has 6 heteroatoms. The van der Waals surface area contributed by atoms with Crippen molar-refractivity contribution in [1.82, 2.24) is 14.7 Å². The van der Waals surface area contributed by atoms with Gasteiger partial charge in [-0.1, -0.05) is 61.9 Å². The Kier molecular flexibility index (Phi) is 5.99. The molecule has 1 atom stereocenters. The Balaban J connectivity index is 1.83. The van der Waals surface area contributed by atoms with Gasteiger partial charge >= 0.3 is 6.03 Å². The van der Waals surface area contributed by atoms with E-state index in [4.69, 9.17) is 0 Å². The zero-order valence-electron chi connectivity index (χ0n) is 16.5. The minimum atomic E-state index is -0.381. The zero-order valence-corrected chi connectivity index (χ0v) is 16.5. The molecular weight excluding hydrogens is 352 g/mol. The van der Waals surface area contributed by atoms with E-state index in [1.54, 1.807) is 16.4 Å². The Bertz CT molecular complexity index is 991. The van der Waals surface area contributed by atoms with Gasteiger partial charge in [-0.05, 0) is 31.0 Å². The molecule has 2 aromatic carbocycles. The number of nitrogens with zero attached hydrogens (tertiary/aromatic N) is 2. The fraction of sp³-hybridized carbons (Fsp3) is 0.273. The maximum Gasteiger partial charge on any atom is 0.319 e. The molecule has 1 heterocycles. The lowest BCUT2D eigenvalue weighted by molar-refractivity contribution is 0.247. The van der Waals surface area contributed by atoms with Crippen molar-refractivity contribution < 1.29 is 4.79 Å². The number of hydrogen-bond acceptors (Lipinski definition) is 2. The molecular formula is C22H26N4O2. The van der Waals surface area contributed by atoms with Crippen LogP contribution in [0.5, 0.6) is 0 Å². The molecule has 28 heavy (non-hydrogen) atoms. The standard InChI is InChI=1S/C22H26N4O2/c1-4-11-19(17-12-7-5-8-13-17)23-22(28)24-20-16(2)25(3)26(21(20)27)18-14-9-6-10-15-18/h5-10,12-15,19H,4,11H2,1-3H3,(H2,23,24,28). The van der Waals surface area contributed by atoms with Gasteiger partial charge in [0.2, 0.25) is 0 Å². The van der Waals surface area contributed by atoms with E-state index in [0.29, 0.717) is 5.69 Å². The van der Waals surface area contributed by atoms with Gasteiger partial charge in [-0.2, -0.15) is 0 Å². The highest BCUT2D eigenvalue weighted by Gasteiger charge is 2.20. The van der Waals surface area contributed by atoms with Crippen molar-refractivity contribution in [2.45, 2.75) is 32.7 Å². The molecule has 2 amide bonds. The SMILES string of the molecule is CCCC(NC(=O)Nc1c(C)n(C)n(-c2ccccc2)c1=O)c1ccccc1. The number of anilines is 1. The smallest absolute Gasteiger partial charge is 0.319 e. The third-order valence-electron chi connectivity index (χ3n) is 4.88. The van der Waals surface area contributed by atoms with Gasteiger partial charge in [0.25, 0.3) is 5.56 Å². The minimum Gasteiger partial charge on any atom is -0.331 e. The van der Waals surface area contributed by atoms with Crippen LogP contribution in [0.2, 0.25) is 0 Å². The van der Waals surface area contributed by atoms with Crippen molar-refractivity contribution >= 4 is 11.7 Å². The number of hydrogen-bond donors (Lipinski definition) is 2. The predicted octanol–water partition coefficient (Wildman–Crippen LogP) is 4.15. The second kappa shape index (κ2) is 8.61. The monoisotopic (exact) mass is 378 g/mol. The molecule has 0 aliphatic rings. The number of urea groups is 1. The number of carbonyl (C=O) groups is 1. The summed E-state index contributed by atoms with van der Waals surface area (Å²) in [4.78, 5) is 25.6. The van der Waals surface area contributed by atoms with Crippen LogP contribution in [0.1, 0.15) is 37.1 Å². The minimum absolute atomic E-state index is 0.105. The maximum absolute atomic E-state index is 12.9. The first-order valence-electron chi connectivity index (χ1n) is 9.49. The van der Waals surface area contributed by atoms with E-state index >= 15 is 0 Å². The number of carbonyl (C=O) groups excluding carboxylic acids is 1. The summed E-state index contributed by atoms with van der Waals surface area (Å²) in [5, 5.41) is 5.76. The average Bonchev–Trinajstić information content (AvgIpc) is 2.92. The van der Waals surface area contributed by atoms with E-state index in [1.807, 2.05) is 67.6 Å². The number of rotatable bonds is 6. The van der Waals surface area contributed by atoms with Crippen LogP contribution in [0, 0.1) is 6.92 Å². The number of aromatic nitrogens is 2. The lowest BCUT2D eigenvalue weighted by atomic mass is 10.0. The van der Waals surface area contributed by atoms with Crippen molar-refractivity contribution in [2.75, 3.05) is 5.32 Å². The van der Waals surface area contributed by atoms with Crippen LogP contribution >= 0.6 is 0 Å². The highest BCUT2D eigenvalue weighted by Crippen LogP contribution is 2.19. The molecule has 0 saturated heterocycles. The Morgan fingerprint density at radius 2 is 1.64 bits per heavy atom. The molecule has 1 aromatic heterocycles. The molecule has 6 nitrogen and oxygen atoms in total. The van der Waals surface area contributed by atoms with Gasteiger partial charge in [0.1, 0.15) is 5.69 Å². The molecule has 0 aliphatic heterocycles. The van der Waals surface area contributed by atoms with E-state index in [2.05, 4.69) is 17.6 Å². The zero-order chi connectivity index (χ0) is 20.1. The van der Waals surface area contributed by atoms with Gasteiger partial charge in [-0.15, -0.1) is 0 Å².